The molecule has 4 nitrogen and oxygen atoms in total. The lowest BCUT2D eigenvalue weighted by molar-refractivity contribution is -0.119. The van der Waals surface area contributed by atoms with E-state index in [4.69, 9.17) is 5.73 Å². The van der Waals surface area contributed by atoms with Crippen molar-refractivity contribution in [3.63, 3.8) is 0 Å². The van der Waals surface area contributed by atoms with E-state index in [0.717, 1.165) is 44.6 Å². The Morgan fingerprint density at radius 1 is 1.33 bits per heavy atom. The minimum Gasteiger partial charge on any atom is -0.369 e. The number of amides is 1. The Balaban J connectivity index is 1.74. The lowest BCUT2D eigenvalue weighted by Gasteiger charge is -2.37. The van der Waals surface area contributed by atoms with Gasteiger partial charge in [-0.2, -0.15) is 0 Å². The monoisotopic (exact) mass is 293 g/mol. The van der Waals surface area contributed by atoms with Crippen molar-refractivity contribution in [2.24, 2.45) is 5.73 Å². The average molecular weight is 293 g/mol. The van der Waals surface area contributed by atoms with Gasteiger partial charge in [0.2, 0.25) is 5.91 Å². The van der Waals surface area contributed by atoms with Crippen molar-refractivity contribution in [2.45, 2.75) is 25.8 Å². The second kappa shape index (κ2) is 7.52. The summed E-state index contributed by atoms with van der Waals surface area (Å²) in [5.41, 5.74) is 6.27. The minimum absolute atomic E-state index is 0.166. The molecule has 5 heteroatoms. The zero-order valence-electron chi connectivity index (χ0n) is 12.6. The molecular formula is C16H24FN3O. The van der Waals surface area contributed by atoms with E-state index < -0.39 is 0 Å². The molecule has 2 N–H and O–H groups in total. The Morgan fingerprint density at radius 3 is 2.67 bits per heavy atom. The van der Waals surface area contributed by atoms with Crippen molar-refractivity contribution in [1.29, 1.82) is 0 Å². The van der Waals surface area contributed by atoms with Crippen LogP contribution in [-0.2, 0) is 11.2 Å². The Kier molecular flexibility index (Phi) is 5.70. The van der Waals surface area contributed by atoms with E-state index in [2.05, 4.69) is 16.7 Å². The Morgan fingerprint density at radius 2 is 2.05 bits per heavy atom. The van der Waals surface area contributed by atoms with E-state index in [1.54, 1.807) is 12.1 Å². The molecule has 0 aromatic heterocycles. The lowest BCUT2D eigenvalue weighted by atomic mass is 10.0. The van der Waals surface area contributed by atoms with Crippen LogP contribution in [0.1, 0.15) is 18.9 Å². The van der Waals surface area contributed by atoms with E-state index >= 15 is 0 Å². The van der Waals surface area contributed by atoms with Gasteiger partial charge in [0.25, 0.3) is 0 Å². The number of nitrogens with zero attached hydrogens (tertiary/aromatic N) is 2. The van der Waals surface area contributed by atoms with Gasteiger partial charge in [0.05, 0.1) is 6.54 Å². The van der Waals surface area contributed by atoms with E-state index in [0.29, 0.717) is 12.6 Å². The molecule has 0 aliphatic carbocycles. The van der Waals surface area contributed by atoms with E-state index in [1.165, 1.54) is 6.07 Å². The molecule has 21 heavy (non-hydrogen) atoms. The molecule has 1 heterocycles. The van der Waals surface area contributed by atoms with Crippen LogP contribution in [0.2, 0.25) is 0 Å². The zero-order chi connectivity index (χ0) is 15.2. The molecule has 1 aliphatic rings. The SMILES string of the molecule is CC(CCc1cccc(F)c1)N1CCN(CC(N)=O)CC1. The van der Waals surface area contributed by atoms with Gasteiger partial charge in [0.15, 0.2) is 0 Å². The first-order valence-electron chi connectivity index (χ1n) is 7.54. The summed E-state index contributed by atoms with van der Waals surface area (Å²) >= 11 is 0. The van der Waals surface area contributed by atoms with Crippen molar-refractivity contribution in [1.82, 2.24) is 9.80 Å². The van der Waals surface area contributed by atoms with Crippen LogP contribution in [0, 0.1) is 5.82 Å². The topological polar surface area (TPSA) is 49.6 Å². The molecular weight excluding hydrogens is 269 g/mol. The molecule has 1 aliphatic heterocycles. The van der Waals surface area contributed by atoms with Gasteiger partial charge in [-0.3, -0.25) is 14.6 Å². The fraction of sp³-hybridized carbons (Fsp3) is 0.562. The van der Waals surface area contributed by atoms with Gasteiger partial charge in [-0.25, -0.2) is 4.39 Å². The fourth-order valence-electron chi connectivity index (χ4n) is 2.83. The number of carbonyl (C=O) groups is 1. The summed E-state index contributed by atoms with van der Waals surface area (Å²) in [6, 6.07) is 7.28. The number of hydrogen-bond acceptors (Lipinski definition) is 3. The maximum absolute atomic E-state index is 13.1. The molecule has 1 aromatic rings. The molecule has 0 spiro atoms. The molecule has 1 atom stereocenters. The van der Waals surface area contributed by atoms with Crippen molar-refractivity contribution in [3.8, 4) is 0 Å². The summed E-state index contributed by atoms with van der Waals surface area (Å²) in [7, 11) is 0. The molecule has 116 valence electrons. The van der Waals surface area contributed by atoms with E-state index in [-0.39, 0.29) is 11.7 Å². The summed E-state index contributed by atoms with van der Waals surface area (Å²) in [6.07, 6.45) is 1.90. The smallest absolute Gasteiger partial charge is 0.231 e. The zero-order valence-corrected chi connectivity index (χ0v) is 12.6. The summed E-state index contributed by atoms with van der Waals surface area (Å²) in [5.74, 6) is -0.428. The first-order valence-corrected chi connectivity index (χ1v) is 7.54. The molecule has 2 rings (SSSR count). The standard InChI is InChI=1S/C16H24FN3O/c1-13(5-6-14-3-2-4-15(17)11-14)20-9-7-19(8-10-20)12-16(18)21/h2-4,11,13H,5-10,12H2,1H3,(H2,18,21). The first-order chi connectivity index (χ1) is 10.0. The fourth-order valence-corrected chi connectivity index (χ4v) is 2.83. The quantitative estimate of drug-likeness (QED) is 0.859. The van der Waals surface area contributed by atoms with Crippen LogP contribution in [0.15, 0.2) is 24.3 Å². The third kappa shape index (κ3) is 5.10. The predicted octanol–water partition coefficient (Wildman–Crippen LogP) is 1.25. The number of primary amides is 1. The molecule has 1 saturated heterocycles. The highest BCUT2D eigenvalue weighted by Gasteiger charge is 2.21. The summed E-state index contributed by atoms with van der Waals surface area (Å²) in [6.45, 7) is 6.24. The van der Waals surface area contributed by atoms with Crippen LogP contribution in [0.5, 0.6) is 0 Å². The average Bonchev–Trinajstić information content (AvgIpc) is 2.45. The maximum atomic E-state index is 13.1. The second-order valence-electron chi connectivity index (χ2n) is 5.80. The van der Waals surface area contributed by atoms with Gasteiger partial charge in [-0.15, -0.1) is 0 Å². The van der Waals surface area contributed by atoms with Crippen molar-refractivity contribution < 1.29 is 9.18 Å². The maximum Gasteiger partial charge on any atom is 0.231 e. The summed E-state index contributed by atoms with van der Waals surface area (Å²) < 4.78 is 13.1. The highest BCUT2D eigenvalue weighted by Crippen LogP contribution is 2.13. The van der Waals surface area contributed by atoms with Crippen LogP contribution >= 0.6 is 0 Å². The number of rotatable bonds is 6. The number of aryl methyl sites for hydroxylation is 1. The third-order valence-corrected chi connectivity index (χ3v) is 4.15. The number of benzene rings is 1. The van der Waals surface area contributed by atoms with Crippen LogP contribution < -0.4 is 5.73 Å². The Bertz CT molecular complexity index is 472. The third-order valence-electron chi connectivity index (χ3n) is 4.15. The molecule has 0 saturated carbocycles. The first kappa shape index (κ1) is 15.9. The van der Waals surface area contributed by atoms with Crippen molar-refractivity contribution >= 4 is 5.91 Å². The highest BCUT2D eigenvalue weighted by molar-refractivity contribution is 5.75. The molecule has 1 unspecified atom stereocenters. The minimum atomic E-state index is -0.261. The number of piperazine rings is 1. The van der Waals surface area contributed by atoms with Gasteiger partial charge in [-0.05, 0) is 37.5 Å². The summed E-state index contributed by atoms with van der Waals surface area (Å²) in [4.78, 5) is 15.4. The van der Waals surface area contributed by atoms with Crippen LogP contribution in [-0.4, -0.2) is 54.5 Å². The van der Waals surface area contributed by atoms with E-state index in [9.17, 15) is 9.18 Å². The molecule has 0 radical (unpaired) electrons. The number of nitrogens with two attached hydrogens (primary N) is 1. The number of halogens is 1. The number of carbonyl (C=O) groups excluding carboxylic acids is 1. The Hall–Kier alpha value is -1.46. The molecule has 1 fully saturated rings. The van der Waals surface area contributed by atoms with Gasteiger partial charge >= 0.3 is 0 Å². The van der Waals surface area contributed by atoms with Crippen molar-refractivity contribution in [3.05, 3.63) is 35.6 Å². The normalized spacial score (nSPS) is 18.6. The largest absolute Gasteiger partial charge is 0.369 e. The van der Waals surface area contributed by atoms with Gasteiger partial charge in [0, 0.05) is 32.2 Å². The highest BCUT2D eigenvalue weighted by atomic mass is 19.1. The van der Waals surface area contributed by atoms with Crippen molar-refractivity contribution in [2.75, 3.05) is 32.7 Å². The molecule has 0 bridgehead atoms. The van der Waals surface area contributed by atoms with Crippen LogP contribution in [0.4, 0.5) is 4.39 Å². The second-order valence-corrected chi connectivity index (χ2v) is 5.80. The van der Waals surface area contributed by atoms with Gasteiger partial charge < -0.3 is 5.73 Å². The lowest BCUT2D eigenvalue weighted by Crippen LogP contribution is -2.51. The molecule has 1 aromatic carbocycles. The molecule has 1 amide bonds. The van der Waals surface area contributed by atoms with E-state index in [1.807, 2.05) is 6.07 Å². The summed E-state index contributed by atoms with van der Waals surface area (Å²) in [5, 5.41) is 0. The van der Waals surface area contributed by atoms with Gasteiger partial charge in [-0.1, -0.05) is 12.1 Å². The number of hydrogen-bond donors (Lipinski definition) is 1. The van der Waals surface area contributed by atoms with Crippen LogP contribution in [0.25, 0.3) is 0 Å². The predicted molar refractivity (Wildman–Crippen MR) is 81.4 cm³/mol. The van der Waals surface area contributed by atoms with Gasteiger partial charge in [0.1, 0.15) is 5.82 Å². The van der Waals surface area contributed by atoms with Crippen LogP contribution in [0.3, 0.4) is 0 Å². The Labute approximate surface area is 125 Å².